The molecule has 0 aromatic carbocycles. The van der Waals surface area contributed by atoms with Crippen LogP contribution in [0.1, 0.15) is 36.2 Å². The van der Waals surface area contributed by atoms with Crippen LogP contribution in [0.2, 0.25) is 0 Å². The highest BCUT2D eigenvalue weighted by Crippen LogP contribution is 2.32. The molecule has 2 aromatic heterocycles. The van der Waals surface area contributed by atoms with Crippen molar-refractivity contribution in [3.8, 4) is 11.3 Å². The Balaban J connectivity index is 2.17. The monoisotopic (exact) mass is 372 g/mol. The van der Waals surface area contributed by atoms with Crippen LogP contribution in [0.5, 0.6) is 0 Å². The van der Waals surface area contributed by atoms with Crippen molar-refractivity contribution in [2.75, 3.05) is 23.7 Å². The van der Waals surface area contributed by atoms with Crippen molar-refractivity contribution in [1.82, 2.24) is 15.0 Å². The number of aliphatic imine (C=N–C) groups is 1. The van der Waals surface area contributed by atoms with Crippen LogP contribution >= 0.6 is 0 Å². The van der Waals surface area contributed by atoms with E-state index in [4.69, 9.17) is 17.2 Å². The smallest absolute Gasteiger partial charge is 0.302 e. The zero-order valence-electron chi connectivity index (χ0n) is 14.7. The van der Waals surface area contributed by atoms with Crippen molar-refractivity contribution >= 4 is 23.5 Å². The summed E-state index contributed by atoms with van der Waals surface area (Å²) in [4.78, 5) is 30.0. The number of anilines is 2. The molecule has 0 aliphatic carbocycles. The van der Waals surface area contributed by atoms with Gasteiger partial charge >= 0.3 is 5.91 Å². The first-order valence-electron chi connectivity index (χ1n) is 8.64. The molecule has 0 spiro atoms. The van der Waals surface area contributed by atoms with Gasteiger partial charge in [0.2, 0.25) is 5.95 Å². The van der Waals surface area contributed by atoms with E-state index in [9.17, 15) is 9.18 Å². The Labute approximate surface area is 155 Å². The number of carbonyl (C=O) groups is 1. The number of pyridine rings is 1. The van der Waals surface area contributed by atoms with E-state index in [-0.39, 0.29) is 22.8 Å². The fourth-order valence-electron chi connectivity index (χ4n) is 3.01. The van der Waals surface area contributed by atoms with Gasteiger partial charge < -0.3 is 22.1 Å². The molecule has 1 saturated heterocycles. The topological polar surface area (TPSA) is 149 Å². The number of nitrogens with two attached hydrogens (primary N) is 3. The van der Waals surface area contributed by atoms with Crippen molar-refractivity contribution in [3.63, 3.8) is 0 Å². The Bertz CT molecular complexity index is 873. The molecule has 1 aliphatic rings. The molecule has 2 aromatic rings. The molecule has 3 heterocycles. The lowest BCUT2D eigenvalue weighted by Crippen LogP contribution is -2.28. The number of rotatable bonds is 3. The minimum absolute atomic E-state index is 0.114. The zero-order chi connectivity index (χ0) is 19.4. The predicted octanol–water partition coefficient (Wildman–Crippen LogP) is 1.05. The second-order valence-corrected chi connectivity index (χ2v) is 6.21. The lowest BCUT2D eigenvalue weighted by Gasteiger charge is -2.24. The summed E-state index contributed by atoms with van der Waals surface area (Å²) in [6.45, 7) is 1.48. The van der Waals surface area contributed by atoms with Crippen molar-refractivity contribution in [2.45, 2.75) is 25.7 Å². The van der Waals surface area contributed by atoms with Gasteiger partial charge in [-0.25, -0.2) is 15.0 Å². The third kappa shape index (κ3) is 4.10. The van der Waals surface area contributed by atoms with Crippen molar-refractivity contribution in [1.29, 1.82) is 0 Å². The van der Waals surface area contributed by atoms with E-state index in [1.54, 1.807) is 6.07 Å². The average molecular weight is 372 g/mol. The standard InChI is InChI=1S/C17H21FN8O/c18-13-10(6-5-7-22-13)11-15(26-8-3-1-2-4-9-26)24-14(19)12(23-11)16(27)25-17(20)21/h5-7H,1-4,8-9H2,(H2,19,24)(H4,20,21,25,27). The summed E-state index contributed by atoms with van der Waals surface area (Å²) in [6.07, 6.45) is 5.51. The normalized spacial score (nSPS) is 14.5. The minimum atomic E-state index is -0.840. The summed E-state index contributed by atoms with van der Waals surface area (Å²) >= 11 is 0. The van der Waals surface area contributed by atoms with Crippen molar-refractivity contribution < 1.29 is 9.18 Å². The van der Waals surface area contributed by atoms with E-state index < -0.39 is 17.8 Å². The first-order chi connectivity index (χ1) is 13.0. The van der Waals surface area contributed by atoms with Crippen LogP contribution in [0, 0.1) is 5.95 Å². The van der Waals surface area contributed by atoms with Crippen LogP contribution in [0.25, 0.3) is 11.3 Å². The van der Waals surface area contributed by atoms with Gasteiger partial charge in [-0.05, 0) is 25.0 Å². The van der Waals surface area contributed by atoms with Gasteiger partial charge in [0, 0.05) is 19.3 Å². The molecule has 3 rings (SSSR count). The SMILES string of the molecule is NC(N)=NC(=O)c1nc(-c2cccnc2F)c(N2CCCCCC2)nc1N. The first-order valence-corrected chi connectivity index (χ1v) is 8.64. The van der Waals surface area contributed by atoms with Crippen LogP contribution < -0.4 is 22.1 Å². The molecular formula is C17H21FN8O. The number of hydrogen-bond acceptors (Lipinski definition) is 6. The van der Waals surface area contributed by atoms with Crippen LogP contribution in [-0.4, -0.2) is 39.9 Å². The third-order valence-corrected chi connectivity index (χ3v) is 4.26. The summed E-state index contributed by atoms with van der Waals surface area (Å²) in [6, 6.07) is 3.11. The molecule has 1 fully saturated rings. The summed E-state index contributed by atoms with van der Waals surface area (Å²) in [5.74, 6) is -1.67. The molecule has 0 radical (unpaired) electrons. The first kappa shape index (κ1) is 18.5. The molecule has 142 valence electrons. The molecule has 1 amide bonds. The van der Waals surface area contributed by atoms with E-state index in [0.717, 1.165) is 38.8 Å². The number of hydrogen-bond donors (Lipinski definition) is 3. The minimum Gasteiger partial charge on any atom is -0.382 e. The summed E-state index contributed by atoms with van der Waals surface area (Å²) < 4.78 is 14.4. The highest BCUT2D eigenvalue weighted by Gasteiger charge is 2.24. The van der Waals surface area contributed by atoms with Gasteiger partial charge in [0.15, 0.2) is 23.3 Å². The molecule has 1 aliphatic heterocycles. The number of nitrogen functional groups attached to an aromatic ring is 1. The Morgan fingerprint density at radius 2 is 1.85 bits per heavy atom. The zero-order valence-corrected chi connectivity index (χ0v) is 14.7. The number of nitrogens with zero attached hydrogens (tertiary/aromatic N) is 5. The maximum absolute atomic E-state index is 14.4. The summed E-state index contributed by atoms with van der Waals surface area (Å²) in [5.41, 5.74) is 16.5. The largest absolute Gasteiger partial charge is 0.382 e. The van der Waals surface area contributed by atoms with Gasteiger partial charge in [0.1, 0.15) is 5.69 Å². The Morgan fingerprint density at radius 3 is 2.48 bits per heavy atom. The lowest BCUT2D eigenvalue weighted by molar-refractivity contribution is 0.0998. The van der Waals surface area contributed by atoms with Crippen LogP contribution in [0.3, 0.4) is 0 Å². The molecule has 0 saturated carbocycles. The fraction of sp³-hybridized carbons (Fsp3) is 0.353. The second kappa shape index (κ2) is 7.94. The predicted molar refractivity (Wildman–Crippen MR) is 100 cm³/mol. The fourth-order valence-corrected chi connectivity index (χ4v) is 3.01. The molecule has 10 heteroatoms. The number of guanidine groups is 1. The van der Waals surface area contributed by atoms with Gasteiger partial charge in [-0.3, -0.25) is 4.79 Å². The Hall–Kier alpha value is -3.30. The molecule has 9 nitrogen and oxygen atoms in total. The van der Waals surface area contributed by atoms with E-state index in [1.165, 1.54) is 12.3 Å². The van der Waals surface area contributed by atoms with Gasteiger partial charge in [0.25, 0.3) is 0 Å². The van der Waals surface area contributed by atoms with Gasteiger partial charge in [-0.15, -0.1) is 0 Å². The maximum atomic E-state index is 14.4. The number of amides is 1. The quantitative estimate of drug-likeness (QED) is 0.411. The number of aromatic nitrogens is 3. The molecule has 27 heavy (non-hydrogen) atoms. The highest BCUT2D eigenvalue weighted by atomic mass is 19.1. The Kier molecular flexibility index (Phi) is 5.43. The summed E-state index contributed by atoms with van der Waals surface area (Å²) in [5, 5.41) is 0. The molecule has 0 bridgehead atoms. The molecule has 0 unspecified atom stereocenters. The van der Waals surface area contributed by atoms with E-state index in [0.29, 0.717) is 5.82 Å². The number of carbonyl (C=O) groups excluding carboxylic acids is 1. The van der Waals surface area contributed by atoms with Crippen LogP contribution in [0.15, 0.2) is 23.3 Å². The number of halogens is 1. The molecular weight excluding hydrogens is 351 g/mol. The maximum Gasteiger partial charge on any atom is 0.302 e. The summed E-state index contributed by atoms with van der Waals surface area (Å²) in [7, 11) is 0. The average Bonchev–Trinajstić information content (AvgIpc) is 2.91. The van der Waals surface area contributed by atoms with Gasteiger partial charge in [-0.1, -0.05) is 12.8 Å². The van der Waals surface area contributed by atoms with E-state index in [2.05, 4.69) is 19.9 Å². The van der Waals surface area contributed by atoms with Crippen LogP contribution in [0.4, 0.5) is 16.0 Å². The van der Waals surface area contributed by atoms with Crippen LogP contribution in [-0.2, 0) is 0 Å². The lowest BCUT2D eigenvalue weighted by atomic mass is 10.1. The third-order valence-electron chi connectivity index (χ3n) is 4.26. The van der Waals surface area contributed by atoms with Crippen molar-refractivity contribution in [2.24, 2.45) is 16.5 Å². The highest BCUT2D eigenvalue weighted by molar-refractivity contribution is 6.03. The Morgan fingerprint density at radius 1 is 1.15 bits per heavy atom. The molecule has 0 atom stereocenters. The van der Waals surface area contributed by atoms with E-state index >= 15 is 0 Å². The second-order valence-electron chi connectivity index (χ2n) is 6.21. The van der Waals surface area contributed by atoms with E-state index in [1.807, 2.05) is 4.90 Å². The van der Waals surface area contributed by atoms with Gasteiger partial charge in [-0.2, -0.15) is 9.38 Å². The van der Waals surface area contributed by atoms with Crippen molar-refractivity contribution in [3.05, 3.63) is 30.0 Å². The molecule has 6 N–H and O–H groups in total. The van der Waals surface area contributed by atoms with Gasteiger partial charge in [0.05, 0.1) is 5.56 Å².